The van der Waals surface area contributed by atoms with E-state index < -0.39 is 15.7 Å². The fraction of sp³-hybridized carbons (Fsp3) is 0.182. The molecule has 4 aromatic rings. The van der Waals surface area contributed by atoms with Crippen LogP contribution in [0.1, 0.15) is 11.3 Å². The zero-order valence-electron chi connectivity index (χ0n) is 19.1. The van der Waals surface area contributed by atoms with Crippen LogP contribution in [-0.2, 0) is 16.9 Å². The first kappa shape index (κ1) is 24.2. The zero-order chi connectivity index (χ0) is 25.3. The van der Waals surface area contributed by atoms with Crippen molar-refractivity contribution in [1.82, 2.24) is 25.0 Å². The average Bonchev–Trinajstić information content (AvgIpc) is 3.41. The number of nitrogens with one attached hydrogen (secondary N) is 2. The normalized spacial score (nSPS) is 11.3. The third-order valence-corrected chi connectivity index (χ3v) is 7.07. The molecule has 180 valence electrons. The lowest BCUT2D eigenvalue weighted by Gasteiger charge is -2.17. The number of ether oxygens (including phenoxy) is 1. The minimum atomic E-state index is -3.58. The van der Waals surface area contributed by atoms with E-state index in [-0.39, 0.29) is 31.9 Å². The molecule has 0 bridgehead atoms. The second-order valence-corrected chi connectivity index (χ2v) is 10.6. The third kappa shape index (κ3) is 4.98. The number of aromatic nitrogens is 5. The molecule has 4 rings (SSSR count). The van der Waals surface area contributed by atoms with Gasteiger partial charge in [0.05, 0.1) is 29.3 Å². The van der Waals surface area contributed by atoms with Gasteiger partial charge < -0.3 is 10.1 Å². The molecule has 35 heavy (non-hydrogen) atoms. The highest BCUT2D eigenvalue weighted by atomic mass is 32.2. The number of aromatic amines is 1. The van der Waals surface area contributed by atoms with Crippen LogP contribution in [0.4, 0.5) is 16.0 Å². The van der Waals surface area contributed by atoms with Crippen molar-refractivity contribution in [2.24, 2.45) is 7.05 Å². The number of pyridine rings is 1. The number of H-pyrrole nitrogens is 1. The van der Waals surface area contributed by atoms with Crippen LogP contribution in [0.3, 0.4) is 0 Å². The summed E-state index contributed by atoms with van der Waals surface area (Å²) in [5.41, 5.74) is 1.98. The van der Waals surface area contributed by atoms with Crippen LogP contribution >= 0.6 is 11.8 Å². The van der Waals surface area contributed by atoms with Gasteiger partial charge >= 0.3 is 0 Å². The van der Waals surface area contributed by atoms with Gasteiger partial charge in [-0.1, -0.05) is 11.8 Å². The number of methoxy groups -OCH3 is 1. The van der Waals surface area contributed by atoms with Crippen LogP contribution in [-0.4, -0.2) is 46.7 Å². The number of hydrogen-bond acceptors (Lipinski definition) is 9. The average molecular weight is 514 g/mol. The first-order valence-electron chi connectivity index (χ1n) is 10.1. The Kier molecular flexibility index (Phi) is 6.51. The van der Waals surface area contributed by atoms with Crippen molar-refractivity contribution in [2.75, 3.05) is 18.7 Å². The maximum Gasteiger partial charge on any atom is 0.176 e. The summed E-state index contributed by atoms with van der Waals surface area (Å²) >= 11 is 0.895. The van der Waals surface area contributed by atoms with Crippen molar-refractivity contribution >= 4 is 33.2 Å². The molecule has 2 N–H and O–H groups in total. The lowest BCUT2D eigenvalue weighted by Crippen LogP contribution is -2.04. The molecule has 0 aliphatic heterocycles. The number of nitriles is 1. The smallest absolute Gasteiger partial charge is 0.176 e. The Morgan fingerprint density at radius 1 is 1.31 bits per heavy atom. The number of aryl methyl sites for hydroxylation is 2. The summed E-state index contributed by atoms with van der Waals surface area (Å²) in [5.74, 6) is 0.259. The van der Waals surface area contributed by atoms with Crippen molar-refractivity contribution in [3.05, 3.63) is 53.7 Å². The molecule has 10 nitrogen and oxygen atoms in total. The van der Waals surface area contributed by atoms with Gasteiger partial charge in [-0.05, 0) is 25.1 Å². The second-order valence-electron chi connectivity index (χ2n) is 7.59. The van der Waals surface area contributed by atoms with Gasteiger partial charge in [0.25, 0.3) is 0 Å². The van der Waals surface area contributed by atoms with Crippen LogP contribution in [0, 0.1) is 24.1 Å². The predicted molar refractivity (Wildman–Crippen MR) is 128 cm³/mol. The molecule has 3 aromatic heterocycles. The van der Waals surface area contributed by atoms with Gasteiger partial charge in [0, 0.05) is 41.7 Å². The molecule has 0 aliphatic rings. The van der Waals surface area contributed by atoms with E-state index in [1.807, 2.05) is 6.92 Å². The number of benzene rings is 1. The zero-order valence-corrected chi connectivity index (χ0v) is 20.8. The van der Waals surface area contributed by atoms with E-state index in [1.54, 1.807) is 30.2 Å². The Hall–Kier alpha value is -3.89. The van der Waals surface area contributed by atoms with Gasteiger partial charge in [-0.3, -0.25) is 9.78 Å². The first-order chi connectivity index (χ1) is 16.6. The highest BCUT2D eigenvalue weighted by Gasteiger charge is 2.25. The first-order valence-corrected chi connectivity index (χ1v) is 12.8. The maximum atomic E-state index is 14.9. The maximum absolute atomic E-state index is 14.9. The molecule has 0 unspecified atom stereocenters. The standard InChI is InChI=1S/C22H20FN7O3S2/c1-12-7-18(29-28-12)26-21-20(33-3)19(13-10-25-30(2)11-13)15(9-24)22(27-21)34-17-6-5-14(8-16(17)23)35(4,31)32/h5-8,10-11H,1-4H3,(H2,26,27,28,29). The van der Waals surface area contributed by atoms with Gasteiger partial charge in [0.1, 0.15) is 16.9 Å². The molecule has 0 radical (unpaired) electrons. The Morgan fingerprint density at radius 3 is 2.63 bits per heavy atom. The molecule has 13 heteroatoms. The Morgan fingerprint density at radius 2 is 2.09 bits per heavy atom. The van der Waals surface area contributed by atoms with E-state index >= 15 is 0 Å². The molecule has 3 heterocycles. The number of anilines is 2. The van der Waals surface area contributed by atoms with E-state index in [2.05, 4.69) is 31.7 Å². The number of halogens is 1. The van der Waals surface area contributed by atoms with Gasteiger partial charge in [-0.2, -0.15) is 15.5 Å². The van der Waals surface area contributed by atoms with E-state index in [0.717, 1.165) is 29.8 Å². The molecule has 0 fully saturated rings. The van der Waals surface area contributed by atoms with Crippen LogP contribution in [0.5, 0.6) is 5.75 Å². The van der Waals surface area contributed by atoms with Crippen LogP contribution in [0.25, 0.3) is 11.1 Å². The Balaban J connectivity index is 1.91. The minimum Gasteiger partial charge on any atom is -0.492 e. The van der Waals surface area contributed by atoms with Gasteiger partial charge in [-0.15, -0.1) is 0 Å². The fourth-order valence-corrected chi connectivity index (χ4v) is 4.86. The van der Waals surface area contributed by atoms with Gasteiger partial charge in [0.15, 0.2) is 27.2 Å². The topological polar surface area (TPSA) is 139 Å². The molecule has 0 spiro atoms. The van der Waals surface area contributed by atoms with Gasteiger partial charge in [-0.25, -0.2) is 17.8 Å². The summed E-state index contributed by atoms with van der Waals surface area (Å²) < 4.78 is 45.6. The number of nitrogens with zero attached hydrogens (tertiary/aromatic N) is 5. The lowest BCUT2D eigenvalue weighted by molar-refractivity contribution is 0.416. The van der Waals surface area contributed by atoms with Crippen LogP contribution < -0.4 is 10.1 Å². The Bertz CT molecular complexity index is 1570. The SMILES string of the molecule is COc1c(Nc2cc(C)[nH]n2)nc(Sc2ccc(S(C)(=O)=O)cc2F)c(C#N)c1-c1cnn(C)c1. The van der Waals surface area contributed by atoms with Crippen LogP contribution in [0.2, 0.25) is 0 Å². The third-order valence-electron chi connectivity index (χ3n) is 4.92. The molecular weight excluding hydrogens is 493 g/mol. The summed E-state index contributed by atoms with van der Waals surface area (Å²) in [6, 6.07) is 7.51. The van der Waals surface area contributed by atoms with E-state index in [9.17, 15) is 18.1 Å². The molecular formula is C22H20FN7O3S2. The second kappa shape index (κ2) is 9.40. The summed E-state index contributed by atoms with van der Waals surface area (Å²) in [6.07, 6.45) is 4.30. The molecule has 0 amide bonds. The highest BCUT2D eigenvalue weighted by Crippen LogP contribution is 2.44. The quantitative estimate of drug-likeness (QED) is 0.377. The fourth-order valence-electron chi connectivity index (χ4n) is 3.34. The van der Waals surface area contributed by atoms with Crippen LogP contribution in [0.15, 0.2) is 51.5 Å². The monoisotopic (exact) mass is 513 g/mol. The summed E-state index contributed by atoms with van der Waals surface area (Å²) in [5, 5.41) is 24.5. The lowest BCUT2D eigenvalue weighted by atomic mass is 10.0. The van der Waals surface area contributed by atoms with Crippen molar-refractivity contribution in [3.8, 4) is 22.9 Å². The summed E-state index contributed by atoms with van der Waals surface area (Å²) in [7, 11) is -0.386. The summed E-state index contributed by atoms with van der Waals surface area (Å²) in [6.45, 7) is 1.84. The van der Waals surface area contributed by atoms with E-state index in [1.165, 1.54) is 19.2 Å². The molecule has 0 saturated carbocycles. The van der Waals surface area contributed by atoms with Gasteiger partial charge in [0.2, 0.25) is 0 Å². The number of sulfone groups is 1. The Labute approximate surface area is 205 Å². The van der Waals surface area contributed by atoms with Crippen molar-refractivity contribution in [2.45, 2.75) is 21.7 Å². The van der Waals surface area contributed by atoms with Crippen molar-refractivity contribution in [1.29, 1.82) is 5.26 Å². The molecule has 0 saturated heterocycles. The molecule has 1 aromatic carbocycles. The molecule has 0 atom stereocenters. The van der Waals surface area contributed by atoms with Crippen molar-refractivity contribution < 1.29 is 17.5 Å². The molecule has 0 aliphatic carbocycles. The predicted octanol–water partition coefficient (Wildman–Crippen LogP) is 3.83. The van der Waals surface area contributed by atoms with E-state index in [0.29, 0.717) is 16.9 Å². The largest absolute Gasteiger partial charge is 0.492 e. The number of rotatable bonds is 7. The van der Waals surface area contributed by atoms with Crippen molar-refractivity contribution in [3.63, 3.8) is 0 Å². The minimum absolute atomic E-state index is 0.102. The highest BCUT2D eigenvalue weighted by molar-refractivity contribution is 7.99. The van der Waals surface area contributed by atoms with E-state index in [4.69, 9.17) is 4.74 Å². The summed E-state index contributed by atoms with van der Waals surface area (Å²) in [4.78, 5) is 4.52. The number of hydrogen-bond donors (Lipinski definition) is 2.